The SMILES string of the molecule is CCCNC(N)=NC[C@H](O)COCc1ccccc1. The second-order valence-corrected chi connectivity index (χ2v) is 4.31. The molecular formula is C14H23N3O2. The van der Waals surface area contributed by atoms with Gasteiger partial charge < -0.3 is 20.9 Å². The van der Waals surface area contributed by atoms with Crippen LogP contribution in [0.5, 0.6) is 0 Å². The van der Waals surface area contributed by atoms with E-state index in [1.54, 1.807) is 0 Å². The second-order valence-electron chi connectivity index (χ2n) is 4.31. The highest BCUT2D eigenvalue weighted by Crippen LogP contribution is 2.01. The summed E-state index contributed by atoms with van der Waals surface area (Å²) in [6.45, 7) is 3.82. The number of guanidine groups is 1. The summed E-state index contributed by atoms with van der Waals surface area (Å²) in [4.78, 5) is 4.04. The highest BCUT2D eigenvalue weighted by Gasteiger charge is 2.03. The fourth-order valence-electron chi connectivity index (χ4n) is 1.45. The molecule has 4 N–H and O–H groups in total. The van der Waals surface area contributed by atoms with Crippen molar-refractivity contribution in [2.75, 3.05) is 19.7 Å². The summed E-state index contributed by atoms with van der Waals surface area (Å²) in [5.41, 5.74) is 6.70. The van der Waals surface area contributed by atoms with Gasteiger partial charge in [0.05, 0.1) is 25.9 Å². The third kappa shape index (κ3) is 7.43. The summed E-state index contributed by atoms with van der Waals surface area (Å²) in [6, 6.07) is 9.84. The number of ether oxygens (including phenoxy) is 1. The Hall–Kier alpha value is -1.59. The first-order valence-corrected chi connectivity index (χ1v) is 6.56. The number of aliphatic hydroxyl groups excluding tert-OH is 1. The van der Waals surface area contributed by atoms with Crippen molar-refractivity contribution in [2.45, 2.75) is 26.1 Å². The van der Waals surface area contributed by atoms with Gasteiger partial charge in [0.15, 0.2) is 5.96 Å². The molecule has 1 aromatic carbocycles. The minimum Gasteiger partial charge on any atom is -0.389 e. The molecule has 0 saturated carbocycles. The summed E-state index contributed by atoms with van der Waals surface area (Å²) in [6.07, 6.45) is 0.351. The van der Waals surface area contributed by atoms with Crippen LogP contribution in [0.3, 0.4) is 0 Å². The number of hydrogen-bond acceptors (Lipinski definition) is 3. The molecule has 1 aromatic rings. The Balaban J connectivity index is 2.15. The Morgan fingerprint density at radius 2 is 2.16 bits per heavy atom. The molecule has 1 rings (SSSR count). The predicted octanol–water partition coefficient (Wildman–Crippen LogP) is 0.878. The van der Waals surface area contributed by atoms with Gasteiger partial charge in [-0.2, -0.15) is 0 Å². The van der Waals surface area contributed by atoms with Gasteiger partial charge in [0.2, 0.25) is 0 Å². The van der Waals surface area contributed by atoms with Crippen LogP contribution >= 0.6 is 0 Å². The third-order valence-electron chi connectivity index (χ3n) is 2.45. The molecule has 0 bridgehead atoms. The van der Waals surface area contributed by atoms with Crippen LogP contribution in [0.4, 0.5) is 0 Å². The van der Waals surface area contributed by atoms with Crippen molar-refractivity contribution >= 4 is 5.96 Å². The molecule has 0 spiro atoms. The van der Waals surface area contributed by atoms with E-state index in [1.165, 1.54) is 0 Å². The average molecular weight is 265 g/mol. The molecule has 0 amide bonds. The largest absolute Gasteiger partial charge is 0.389 e. The summed E-state index contributed by atoms with van der Waals surface area (Å²) in [7, 11) is 0. The third-order valence-corrected chi connectivity index (χ3v) is 2.45. The summed E-state index contributed by atoms with van der Waals surface area (Å²) in [5, 5.41) is 12.6. The molecule has 0 radical (unpaired) electrons. The average Bonchev–Trinajstić information content (AvgIpc) is 2.44. The Morgan fingerprint density at radius 1 is 1.42 bits per heavy atom. The van der Waals surface area contributed by atoms with Crippen LogP contribution in [0.15, 0.2) is 35.3 Å². The Morgan fingerprint density at radius 3 is 2.84 bits per heavy atom. The smallest absolute Gasteiger partial charge is 0.188 e. The number of nitrogens with one attached hydrogen (secondary N) is 1. The van der Waals surface area contributed by atoms with Crippen molar-refractivity contribution in [3.8, 4) is 0 Å². The van der Waals surface area contributed by atoms with Crippen LogP contribution in [0.25, 0.3) is 0 Å². The van der Waals surface area contributed by atoms with E-state index in [1.807, 2.05) is 37.3 Å². The lowest BCUT2D eigenvalue weighted by Crippen LogP contribution is -2.33. The normalized spacial score (nSPS) is 13.3. The number of rotatable bonds is 8. The summed E-state index contributed by atoms with van der Waals surface area (Å²) < 4.78 is 5.41. The first kappa shape index (κ1) is 15.5. The van der Waals surface area contributed by atoms with E-state index in [9.17, 15) is 5.11 Å². The van der Waals surface area contributed by atoms with E-state index in [-0.39, 0.29) is 13.2 Å². The topological polar surface area (TPSA) is 79.9 Å². The van der Waals surface area contributed by atoms with E-state index in [0.29, 0.717) is 12.6 Å². The maximum absolute atomic E-state index is 9.69. The number of benzene rings is 1. The number of aliphatic imine (C=N–C) groups is 1. The van der Waals surface area contributed by atoms with Crippen molar-refractivity contribution in [2.24, 2.45) is 10.7 Å². The standard InChI is InChI=1S/C14H23N3O2/c1-2-8-16-14(15)17-9-13(18)11-19-10-12-6-4-3-5-7-12/h3-7,13,18H,2,8-11H2,1H3,(H3,15,16,17)/t13-/m0/s1. The predicted molar refractivity (Wildman–Crippen MR) is 76.9 cm³/mol. The van der Waals surface area contributed by atoms with Gasteiger partial charge in [0, 0.05) is 6.54 Å². The van der Waals surface area contributed by atoms with E-state index in [2.05, 4.69) is 10.3 Å². The molecule has 0 aliphatic heterocycles. The Kier molecular flexibility index (Phi) is 7.62. The molecule has 0 aliphatic rings. The molecule has 1 atom stereocenters. The second kappa shape index (κ2) is 9.35. The minimum absolute atomic E-state index is 0.247. The summed E-state index contributed by atoms with van der Waals surface area (Å²) in [5.74, 6) is 0.365. The van der Waals surface area contributed by atoms with Gasteiger partial charge in [-0.3, -0.25) is 4.99 Å². The van der Waals surface area contributed by atoms with Crippen molar-refractivity contribution < 1.29 is 9.84 Å². The highest BCUT2D eigenvalue weighted by atomic mass is 16.5. The number of hydrogen-bond donors (Lipinski definition) is 3. The first-order valence-electron chi connectivity index (χ1n) is 6.56. The zero-order valence-corrected chi connectivity index (χ0v) is 11.4. The number of nitrogens with zero attached hydrogens (tertiary/aromatic N) is 1. The van der Waals surface area contributed by atoms with Gasteiger partial charge in [-0.15, -0.1) is 0 Å². The van der Waals surface area contributed by atoms with Gasteiger partial charge in [-0.25, -0.2) is 0 Å². The molecular weight excluding hydrogens is 242 g/mol. The lowest BCUT2D eigenvalue weighted by atomic mass is 10.2. The van der Waals surface area contributed by atoms with Gasteiger partial charge >= 0.3 is 0 Å². The van der Waals surface area contributed by atoms with Crippen LogP contribution in [0.1, 0.15) is 18.9 Å². The molecule has 0 fully saturated rings. The molecule has 0 heterocycles. The van der Waals surface area contributed by atoms with E-state index in [4.69, 9.17) is 10.5 Å². The number of aliphatic hydroxyl groups is 1. The number of nitrogens with two attached hydrogens (primary N) is 1. The zero-order valence-electron chi connectivity index (χ0n) is 11.4. The molecule has 106 valence electrons. The lowest BCUT2D eigenvalue weighted by molar-refractivity contribution is 0.0331. The van der Waals surface area contributed by atoms with Crippen LogP contribution < -0.4 is 11.1 Å². The van der Waals surface area contributed by atoms with Gasteiger partial charge in [0.25, 0.3) is 0 Å². The molecule has 0 unspecified atom stereocenters. The quantitative estimate of drug-likeness (QED) is 0.481. The van der Waals surface area contributed by atoms with Gasteiger partial charge in [0.1, 0.15) is 0 Å². The van der Waals surface area contributed by atoms with Crippen LogP contribution in [0, 0.1) is 0 Å². The monoisotopic (exact) mass is 265 g/mol. The molecule has 19 heavy (non-hydrogen) atoms. The van der Waals surface area contributed by atoms with E-state index >= 15 is 0 Å². The Bertz CT molecular complexity index is 368. The maximum atomic E-state index is 9.69. The zero-order chi connectivity index (χ0) is 13.9. The van der Waals surface area contributed by atoms with Gasteiger partial charge in [-0.1, -0.05) is 37.3 Å². The van der Waals surface area contributed by atoms with Crippen molar-refractivity contribution in [3.63, 3.8) is 0 Å². The molecule has 5 heteroatoms. The van der Waals surface area contributed by atoms with Crippen molar-refractivity contribution in [1.82, 2.24) is 5.32 Å². The summed E-state index contributed by atoms with van der Waals surface area (Å²) >= 11 is 0. The van der Waals surface area contributed by atoms with E-state index < -0.39 is 6.10 Å². The van der Waals surface area contributed by atoms with Crippen LogP contribution in [-0.2, 0) is 11.3 Å². The molecule has 0 aliphatic carbocycles. The van der Waals surface area contributed by atoms with Crippen molar-refractivity contribution in [1.29, 1.82) is 0 Å². The van der Waals surface area contributed by atoms with E-state index in [0.717, 1.165) is 18.5 Å². The highest BCUT2D eigenvalue weighted by molar-refractivity contribution is 5.77. The van der Waals surface area contributed by atoms with Crippen LogP contribution in [-0.4, -0.2) is 36.9 Å². The van der Waals surface area contributed by atoms with Crippen molar-refractivity contribution in [3.05, 3.63) is 35.9 Å². The molecule has 5 nitrogen and oxygen atoms in total. The first-order chi connectivity index (χ1) is 9.22. The van der Waals surface area contributed by atoms with Gasteiger partial charge in [-0.05, 0) is 12.0 Å². The van der Waals surface area contributed by atoms with Crippen LogP contribution in [0.2, 0.25) is 0 Å². The maximum Gasteiger partial charge on any atom is 0.188 e. The fraction of sp³-hybridized carbons (Fsp3) is 0.500. The Labute approximate surface area is 114 Å². The molecule has 0 aromatic heterocycles. The molecule has 0 saturated heterocycles. The fourth-order valence-corrected chi connectivity index (χ4v) is 1.45. The minimum atomic E-state index is -0.634. The lowest BCUT2D eigenvalue weighted by Gasteiger charge is -2.10.